The molecule has 0 bridgehead atoms. The first-order chi connectivity index (χ1) is 16.8. The molecular formula is C25H24ClF2N3O4. The summed E-state index contributed by atoms with van der Waals surface area (Å²) in [6.45, 7) is 2.41. The van der Waals surface area contributed by atoms with Gasteiger partial charge in [-0.3, -0.25) is 9.69 Å². The Morgan fingerprint density at radius 3 is 2.71 bits per heavy atom. The Labute approximate surface area is 206 Å². The second-order valence-corrected chi connectivity index (χ2v) is 9.03. The molecule has 1 amide bonds. The molecule has 5 rings (SSSR count). The summed E-state index contributed by atoms with van der Waals surface area (Å²) in [6.07, 6.45) is 1.92. The molecule has 0 atom stereocenters. The lowest BCUT2D eigenvalue weighted by molar-refractivity contribution is -0.286. The maximum Gasteiger partial charge on any atom is 0.586 e. The molecule has 3 heterocycles. The van der Waals surface area contributed by atoms with E-state index in [0.29, 0.717) is 16.5 Å². The summed E-state index contributed by atoms with van der Waals surface area (Å²) in [5, 5.41) is 3.60. The van der Waals surface area contributed by atoms with E-state index in [1.165, 1.54) is 12.1 Å². The average Bonchev–Trinajstić information content (AvgIpc) is 3.41. The monoisotopic (exact) mass is 503 g/mol. The third kappa shape index (κ3) is 5.86. The van der Waals surface area contributed by atoms with E-state index in [1.807, 2.05) is 23.0 Å². The van der Waals surface area contributed by atoms with Crippen LogP contribution in [0.2, 0.25) is 5.02 Å². The number of aromatic nitrogens is 1. The summed E-state index contributed by atoms with van der Waals surface area (Å²) in [5.41, 5.74) is 1.81. The maximum absolute atomic E-state index is 13.3. The van der Waals surface area contributed by atoms with Crippen molar-refractivity contribution in [2.75, 3.05) is 19.7 Å². The molecule has 35 heavy (non-hydrogen) atoms. The predicted molar refractivity (Wildman–Crippen MR) is 125 cm³/mol. The van der Waals surface area contributed by atoms with Crippen molar-refractivity contribution >= 4 is 17.5 Å². The van der Waals surface area contributed by atoms with E-state index in [-0.39, 0.29) is 30.1 Å². The minimum Gasteiger partial charge on any atom is -0.484 e. The minimum atomic E-state index is -3.63. The summed E-state index contributed by atoms with van der Waals surface area (Å²) in [6, 6.07) is 13.8. The van der Waals surface area contributed by atoms with Crippen molar-refractivity contribution in [3.05, 3.63) is 71.5 Å². The lowest BCUT2D eigenvalue weighted by Crippen LogP contribution is -2.45. The van der Waals surface area contributed by atoms with Crippen LogP contribution in [-0.2, 0) is 11.3 Å². The number of amides is 1. The molecule has 1 aromatic heterocycles. The highest BCUT2D eigenvalue weighted by atomic mass is 35.5. The number of alkyl halides is 2. The highest BCUT2D eigenvalue weighted by Crippen LogP contribution is 2.41. The molecule has 2 aliphatic heterocycles. The number of hydrogen-bond acceptors (Lipinski definition) is 5. The standard InChI is InChI=1S/C25H24ClF2N3O4/c26-18-2-1-3-21(12-18)33-16-24(32)29-19-7-9-30(10-8-19)14-17-6-11-31(15-17)20-4-5-22-23(13-20)35-25(27,28)34-22/h1-6,11-13,15,19H,7-10,14,16H2,(H,29,32). The van der Waals surface area contributed by atoms with E-state index in [0.717, 1.165) is 38.0 Å². The molecule has 10 heteroatoms. The smallest absolute Gasteiger partial charge is 0.484 e. The van der Waals surface area contributed by atoms with Crippen molar-refractivity contribution < 1.29 is 27.8 Å². The Bertz CT molecular complexity index is 1210. The van der Waals surface area contributed by atoms with Crippen molar-refractivity contribution in [2.24, 2.45) is 0 Å². The number of rotatable bonds is 7. The summed E-state index contributed by atoms with van der Waals surface area (Å²) < 4.78 is 42.9. The zero-order valence-corrected chi connectivity index (χ0v) is 19.5. The van der Waals surface area contributed by atoms with E-state index >= 15 is 0 Å². The van der Waals surface area contributed by atoms with Crippen LogP contribution in [0.4, 0.5) is 8.78 Å². The number of ether oxygens (including phenoxy) is 3. The third-order valence-electron chi connectivity index (χ3n) is 5.96. The van der Waals surface area contributed by atoms with Crippen LogP contribution in [0, 0.1) is 0 Å². The Morgan fingerprint density at radius 1 is 1.11 bits per heavy atom. The fraction of sp³-hybridized carbons (Fsp3) is 0.320. The molecule has 0 aliphatic carbocycles. The quantitative estimate of drug-likeness (QED) is 0.510. The largest absolute Gasteiger partial charge is 0.586 e. The molecule has 184 valence electrons. The average molecular weight is 504 g/mol. The summed E-state index contributed by atoms with van der Waals surface area (Å²) in [7, 11) is 0. The van der Waals surface area contributed by atoms with Gasteiger partial charge in [0.15, 0.2) is 18.1 Å². The highest BCUT2D eigenvalue weighted by molar-refractivity contribution is 6.30. The predicted octanol–water partition coefficient (Wildman–Crippen LogP) is 4.61. The summed E-state index contributed by atoms with van der Waals surface area (Å²) in [5.74, 6) is 0.456. The number of nitrogens with zero attached hydrogens (tertiary/aromatic N) is 2. The van der Waals surface area contributed by atoms with Crippen molar-refractivity contribution in [1.82, 2.24) is 14.8 Å². The van der Waals surface area contributed by atoms with Gasteiger partial charge in [-0.1, -0.05) is 17.7 Å². The number of piperidine rings is 1. The molecule has 0 radical (unpaired) electrons. The molecule has 0 spiro atoms. The normalized spacial score (nSPS) is 17.3. The SMILES string of the molecule is O=C(COc1cccc(Cl)c1)NC1CCN(Cc2ccn(-c3ccc4c(c3)OC(F)(F)O4)c2)CC1. The highest BCUT2D eigenvalue weighted by Gasteiger charge is 2.43. The first kappa shape index (κ1) is 23.4. The van der Waals surface area contributed by atoms with Crippen LogP contribution in [0.1, 0.15) is 18.4 Å². The van der Waals surface area contributed by atoms with E-state index < -0.39 is 6.29 Å². The molecule has 0 unspecified atom stereocenters. The van der Waals surface area contributed by atoms with Gasteiger partial charge in [-0.05, 0) is 54.8 Å². The number of halogens is 3. The zero-order chi connectivity index (χ0) is 24.4. The second kappa shape index (κ2) is 9.75. The summed E-state index contributed by atoms with van der Waals surface area (Å²) in [4.78, 5) is 14.6. The van der Waals surface area contributed by atoms with Crippen LogP contribution in [0.15, 0.2) is 60.9 Å². The Kier molecular flexibility index (Phi) is 6.53. The van der Waals surface area contributed by atoms with E-state index in [4.69, 9.17) is 16.3 Å². The number of likely N-dealkylation sites (tertiary alicyclic amines) is 1. The number of hydrogen-bond donors (Lipinski definition) is 1. The van der Waals surface area contributed by atoms with Crippen molar-refractivity contribution in [3.8, 4) is 22.9 Å². The number of carbonyl (C=O) groups is 1. The number of benzene rings is 2. The van der Waals surface area contributed by atoms with Gasteiger partial charge >= 0.3 is 6.29 Å². The Morgan fingerprint density at radius 2 is 1.91 bits per heavy atom. The molecule has 0 saturated carbocycles. The van der Waals surface area contributed by atoms with Crippen LogP contribution < -0.4 is 19.5 Å². The van der Waals surface area contributed by atoms with E-state index in [9.17, 15) is 13.6 Å². The van der Waals surface area contributed by atoms with Gasteiger partial charge in [0.1, 0.15) is 5.75 Å². The number of fused-ring (bicyclic) bond motifs is 1. The van der Waals surface area contributed by atoms with E-state index in [2.05, 4.69) is 19.7 Å². The molecule has 1 saturated heterocycles. The molecular weight excluding hydrogens is 480 g/mol. The molecule has 2 aliphatic rings. The summed E-state index contributed by atoms with van der Waals surface area (Å²) >= 11 is 5.93. The van der Waals surface area contributed by atoms with Gasteiger partial charge in [0.25, 0.3) is 5.91 Å². The first-order valence-corrected chi connectivity index (χ1v) is 11.7. The van der Waals surface area contributed by atoms with Gasteiger partial charge in [-0.15, -0.1) is 8.78 Å². The Balaban J connectivity index is 1.08. The topological polar surface area (TPSA) is 65.0 Å². The molecule has 3 aromatic rings. The van der Waals surface area contributed by atoms with Gasteiger partial charge in [-0.2, -0.15) is 0 Å². The van der Waals surface area contributed by atoms with Crippen molar-refractivity contribution in [2.45, 2.75) is 31.7 Å². The fourth-order valence-corrected chi connectivity index (χ4v) is 4.44. The van der Waals surface area contributed by atoms with E-state index in [1.54, 1.807) is 30.3 Å². The van der Waals surface area contributed by atoms with Crippen LogP contribution >= 0.6 is 11.6 Å². The number of carbonyl (C=O) groups excluding carboxylic acids is 1. The third-order valence-corrected chi connectivity index (χ3v) is 6.20. The Hall–Kier alpha value is -3.30. The molecule has 1 N–H and O–H groups in total. The lowest BCUT2D eigenvalue weighted by Gasteiger charge is -2.32. The fourth-order valence-electron chi connectivity index (χ4n) is 4.26. The van der Waals surface area contributed by atoms with Crippen molar-refractivity contribution in [1.29, 1.82) is 0 Å². The van der Waals surface area contributed by atoms with Gasteiger partial charge in [0.05, 0.1) is 0 Å². The van der Waals surface area contributed by atoms with Crippen LogP contribution in [0.3, 0.4) is 0 Å². The number of nitrogens with one attached hydrogen (secondary N) is 1. The zero-order valence-electron chi connectivity index (χ0n) is 18.8. The molecule has 7 nitrogen and oxygen atoms in total. The van der Waals surface area contributed by atoms with Gasteiger partial charge in [-0.25, -0.2) is 0 Å². The van der Waals surface area contributed by atoms with Gasteiger partial charge in [0.2, 0.25) is 0 Å². The van der Waals surface area contributed by atoms with Crippen LogP contribution in [0.5, 0.6) is 17.2 Å². The second-order valence-electron chi connectivity index (χ2n) is 8.59. The van der Waals surface area contributed by atoms with Crippen molar-refractivity contribution in [3.63, 3.8) is 0 Å². The maximum atomic E-state index is 13.3. The lowest BCUT2D eigenvalue weighted by atomic mass is 10.0. The molecule has 1 fully saturated rings. The van der Waals surface area contributed by atoms with Crippen LogP contribution in [-0.4, -0.2) is 47.4 Å². The first-order valence-electron chi connectivity index (χ1n) is 11.3. The van der Waals surface area contributed by atoms with Gasteiger partial charge < -0.3 is 24.1 Å². The van der Waals surface area contributed by atoms with Gasteiger partial charge in [0, 0.05) is 54.8 Å². The molecule has 2 aromatic carbocycles. The minimum absolute atomic E-state index is 0.0184. The van der Waals surface area contributed by atoms with Crippen LogP contribution in [0.25, 0.3) is 5.69 Å².